The minimum absolute atomic E-state index is 0.224. The zero-order valence-corrected chi connectivity index (χ0v) is 5.31. The van der Waals surface area contributed by atoms with E-state index in [1.54, 1.807) is 6.08 Å². The Balaban J connectivity index is 2.58. The van der Waals surface area contributed by atoms with Crippen LogP contribution in [0.15, 0.2) is 12.2 Å². The maximum Gasteiger partial charge on any atom is 0.156 e. The lowest BCUT2D eigenvalue weighted by atomic mass is 10.3. The second kappa shape index (κ2) is 1.78. The minimum Gasteiger partial charge on any atom is -0.295 e. The first kappa shape index (κ1) is 5.04. The lowest BCUT2D eigenvalue weighted by molar-refractivity contribution is -0.113. The van der Waals surface area contributed by atoms with Gasteiger partial charge in [-0.15, -0.1) is 0 Å². The van der Waals surface area contributed by atoms with E-state index in [1.165, 1.54) is 0 Å². The maximum absolute atomic E-state index is 10.3. The summed E-state index contributed by atoms with van der Waals surface area (Å²) >= 11 is 3.27. The van der Waals surface area contributed by atoms with E-state index in [2.05, 4.69) is 15.9 Å². The van der Waals surface area contributed by atoms with Gasteiger partial charge in [0.15, 0.2) is 5.78 Å². The molecule has 0 bridgehead atoms. The highest BCUT2D eigenvalue weighted by Crippen LogP contribution is 2.13. The molecule has 0 saturated carbocycles. The van der Waals surface area contributed by atoms with Gasteiger partial charge in [-0.2, -0.15) is 0 Å². The second-order valence-electron chi connectivity index (χ2n) is 1.55. The van der Waals surface area contributed by atoms with Gasteiger partial charge in [-0.05, 0) is 6.08 Å². The average Bonchev–Trinajstić information content (AvgIpc) is 1.87. The highest BCUT2D eigenvalue weighted by atomic mass is 79.9. The number of carbonyl (C=O) groups is 1. The van der Waals surface area contributed by atoms with E-state index in [0.717, 1.165) is 0 Å². The van der Waals surface area contributed by atoms with Crippen LogP contribution < -0.4 is 0 Å². The fourth-order valence-electron chi connectivity index (χ4n) is 0.540. The minimum atomic E-state index is 0.224. The van der Waals surface area contributed by atoms with Crippen molar-refractivity contribution in [2.45, 2.75) is 11.2 Å². The van der Waals surface area contributed by atoms with Gasteiger partial charge in [0.1, 0.15) is 0 Å². The predicted octanol–water partition coefficient (Wildman–Crippen LogP) is 1.28. The third kappa shape index (κ3) is 1.13. The Bertz CT molecular complexity index is 117. The quantitative estimate of drug-likeness (QED) is 0.489. The van der Waals surface area contributed by atoms with Gasteiger partial charge in [0.05, 0.1) is 0 Å². The van der Waals surface area contributed by atoms with Crippen molar-refractivity contribution in [2.75, 3.05) is 0 Å². The Kier molecular flexibility index (Phi) is 1.28. The van der Waals surface area contributed by atoms with Gasteiger partial charge in [0, 0.05) is 11.2 Å². The number of hydrogen-bond acceptors (Lipinski definition) is 1. The lowest BCUT2D eigenvalue weighted by Gasteiger charge is -1.86. The number of rotatable bonds is 0. The summed E-state index contributed by atoms with van der Waals surface area (Å²) in [4.78, 5) is 10.6. The van der Waals surface area contributed by atoms with E-state index >= 15 is 0 Å². The molecule has 0 heterocycles. The van der Waals surface area contributed by atoms with Gasteiger partial charge >= 0.3 is 0 Å². The topological polar surface area (TPSA) is 17.1 Å². The van der Waals surface area contributed by atoms with Crippen LogP contribution >= 0.6 is 15.9 Å². The van der Waals surface area contributed by atoms with E-state index in [9.17, 15) is 4.79 Å². The Hall–Kier alpha value is -0.110. The molecule has 1 nitrogen and oxygen atoms in total. The van der Waals surface area contributed by atoms with Gasteiger partial charge in [0.2, 0.25) is 0 Å². The molecule has 0 fully saturated rings. The van der Waals surface area contributed by atoms with Crippen molar-refractivity contribution in [3.8, 4) is 0 Å². The fraction of sp³-hybridized carbons (Fsp3) is 0.400. The van der Waals surface area contributed by atoms with Crippen molar-refractivity contribution in [1.29, 1.82) is 0 Å². The lowest BCUT2D eigenvalue weighted by Crippen LogP contribution is -1.90. The first-order chi connectivity index (χ1) is 3.29. The Morgan fingerprint density at radius 2 is 2.57 bits per heavy atom. The van der Waals surface area contributed by atoms with Crippen molar-refractivity contribution >= 4 is 21.7 Å². The van der Waals surface area contributed by atoms with Crippen molar-refractivity contribution in [3.63, 3.8) is 0 Å². The van der Waals surface area contributed by atoms with Crippen LogP contribution in [-0.4, -0.2) is 10.6 Å². The standard InChI is InChI=1S/C5H5BrO/c6-4-1-2-5(7)3-4/h1-2,4H,3H2/t4-/m1/s1. The molecule has 7 heavy (non-hydrogen) atoms. The van der Waals surface area contributed by atoms with Crippen LogP contribution in [0.4, 0.5) is 0 Å². The van der Waals surface area contributed by atoms with Crippen molar-refractivity contribution in [2.24, 2.45) is 0 Å². The fourth-order valence-corrected chi connectivity index (χ4v) is 1.01. The zero-order chi connectivity index (χ0) is 5.28. The molecule has 0 aromatic carbocycles. The molecule has 0 aromatic rings. The van der Waals surface area contributed by atoms with Gasteiger partial charge in [-0.3, -0.25) is 4.79 Å². The number of allylic oxidation sites excluding steroid dienone is 2. The Labute approximate surface area is 50.5 Å². The van der Waals surface area contributed by atoms with Crippen molar-refractivity contribution in [3.05, 3.63) is 12.2 Å². The van der Waals surface area contributed by atoms with E-state index in [1.807, 2.05) is 6.08 Å². The van der Waals surface area contributed by atoms with Crippen LogP contribution in [-0.2, 0) is 4.79 Å². The summed E-state index contributed by atoms with van der Waals surface area (Å²) in [6.45, 7) is 0. The number of hydrogen-bond donors (Lipinski definition) is 0. The molecule has 0 N–H and O–H groups in total. The summed E-state index contributed by atoms with van der Waals surface area (Å²) in [6.07, 6.45) is 4.11. The predicted molar refractivity (Wildman–Crippen MR) is 31.5 cm³/mol. The number of alkyl halides is 1. The molecule has 1 aliphatic carbocycles. The van der Waals surface area contributed by atoms with Gasteiger partial charge in [-0.25, -0.2) is 0 Å². The normalized spacial score (nSPS) is 29.3. The molecule has 0 unspecified atom stereocenters. The van der Waals surface area contributed by atoms with Crippen LogP contribution in [0.5, 0.6) is 0 Å². The maximum atomic E-state index is 10.3. The molecule has 1 atom stereocenters. The molecule has 1 aliphatic rings. The third-order valence-electron chi connectivity index (χ3n) is 0.887. The van der Waals surface area contributed by atoms with Crippen LogP contribution in [0.3, 0.4) is 0 Å². The third-order valence-corrected chi connectivity index (χ3v) is 1.52. The molecule has 1 rings (SSSR count). The molecule has 38 valence electrons. The summed E-state index contributed by atoms with van der Waals surface area (Å²) in [6, 6.07) is 0. The summed E-state index contributed by atoms with van der Waals surface area (Å²) in [5, 5.41) is 0. The summed E-state index contributed by atoms with van der Waals surface area (Å²) in [7, 11) is 0. The Morgan fingerprint density at radius 1 is 1.86 bits per heavy atom. The van der Waals surface area contributed by atoms with Crippen molar-refractivity contribution < 1.29 is 4.79 Å². The average molecular weight is 161 g/mol. The van der Waals surface area contributed by atoms with Gasteiger partial charge in [0.25, 0.3) is 0 Å². The number of halogens is 1. The van der Waals surface area contributed by atoms with E-state index in [4.69, 9.17) is 0 Å². The second-order valence-corrected chi connectivity index (χ2v) is 2.72. The zero-order valence-electron chi connectivity index (χ0n) is 3.73. The van der Waals surface area contributed by atoms with Crippen LogP contribution in [0, 0.1) is 0 Å². The van der Waals surface area contributed by atoms with Crippen LogP contribution in [0.1, 0.15) is 6.42 Å². The molecule has 0 aromatic heterocycles. The highest BCUT2D eigenvalue weighted by molar-refractivity contribution is 9.09. The molecule has 2 heteroatoms. The van der Waals surface area contributed by atoms with E-state index in [0.29, 0.717) is 11.2 Å². The molecular formula is C5H5BrO. The highest BCUT2D eigenvalue weighted by Gasteiger charge is 2.10. The monoisotopic (exact) mass is 160 g/mol. The molecule has 0 aliphatic heterocycles. The van der Waals surface area contributed by atoms with Gasteiger partial charge < -0.3 is 0 Å². The molecule has 0 amide bonds. The molecular weight excluding hydrogens is 156 g/mol. The smallest absolute Gasteiger partial charge is 0.156 e. The van der Waals surface area contributed by atoms with Gasteiger partial charge in [-0.1, -0.05) is 22.0 Å². The summed E-state index contributed by atoms with van der Waals surface area (Å²) < 4.78 is 0. The van der Waals surface area contributed by atoms with E-state index < -0.39 is 0 Å². The van der Waals surface area contributed by atoms with Crippen LogP contribution in [0.25, 0.3) is 0 Å². The number of carbonyl (C=O) groups excluding carboxylic acids is 1. The first-order valence-corrected chi connectivity index (χ1v) is 3.06. The molecule has 0 saturated heterocycles. The van der Waals surface area contributed by atoms with Crippen LogP contribution in [0.2, 0.25) is 0 Å². The summed E-state index contributed by atoms with van der Waals surface area (Å²) in [5.74, 6) is 0.224. The molecule has 0 spiro atoms. The Morgan fingerprint density at radius 3 is 2.71 bits per heavy atom. The molecule has 0 radical (unpaired) electrons. The number of ketones is 1. The van der Waals surface area contributed by atoms with E-state index in [-0.39, 0.29) is 5.78 Å². The first-order valence-electron chi connectivity index (χ1n) is 2.14. The van der Waals surface area contributed by atoms with Crippen molar-refractivity contribution in [1.82, 2.24) is 0 Å². The summed E-state index contributed by atoms with van der Waals surface area (Å²) in [5.41, 5.74) is 0. The largest absolute Gasteiger partial charge is 0.295 e. The SMILES string of the molecule is O=C1C=C[C@@H](Br)C1.